The predicted octanol–water partition coefficient (Wildman–Crippen LogP) is 1.77. The number of aromatic nitrogens is 1. The van der Waals surface area contributed by atoms with Crippen molar-refractivity contribution in [2.45, 2.75) is 38.2 Å². The van der Waals surface area contributed by atoms with Crippen LogP contribution >= 0.6 is 0 Å². The summed E-state index contributed by atoms with van der Waals surface area (Å²) in [5, 5.41) is 6.48. The first-order valence-corrected chi connectivity index (χ1v) is 9.79. The number of para-hydroxylation sites is 2. The minimum absolute atomic E-state index is 0.0157. The molecule has 1 N–H and O–H groups in total. The standard InChI is InChI=1S/C17H21N3O5S/c1-4-9-18-17(21)15-10-20(13-7-5-6-8-14(13)24-15)26(22,23)16-11(2)19-25-12(16)3/h5-8,15H,4,9-10H2,1-3H3,(H,18,21)/t15-/m1/s1. The van der Waals surface area contributed by atoms with Gasteiger partial charge < -0.3 is 14.6 Å². The minimum atomic E-state index is -3.96. The van der Waals surface area contributed by atoms with E-state index in [1.165, 1.54) is 4.31 Å². The molecule has 1 amide bonds. The van der Waals surface area contributed by atoms with Crippen LogP contribution in [0, 0.1) is 13.8 Å². The highest BCUT2D eigenvalue weighted by Gasteiger charge is 2.39. The van der Waals surface area contributed by atoms with Gasteiger partial charge in [0.1, 0.15) is 11.4 Å². The Morgan fingerprint density at radius 1 is 1.35 bits per heavy atom. The van der Waals surface area contributed by atoms with E-state index >= 15 is 0 Å². The predicted molar refractivity (Wildman–Crippen MR) is 94.7 cm³/mol. The lowest BCUT2D eigenvalue weighted by Gasteiger charge is -2.34. The van der Waals surface area contributed by atoms with Gasteiger partial charge in [-0.1, -0.05) is 24.2 Å². The van der Waals surface area contributed by atoms with Crippen LogP contribution in [0.15, 0.2) is 33.7 Å². The number of hydrogen-bond donors (Lipinski definition) is 1. The number of carbonyl (C=O) groups excluding carboxylic acids is 1. The number of nitrogens with one attached hydrogen (secondary N) is 1. The second kappa shape index (κ2) is 6.99. The van der Waals surface area contributed by atoms with Gasteiger partial charge in [-0.15, -0.1) is 0 Å². The largest absolute Gasteiger partial charge is 0.476 e. The molecule has 0 spiro atoms. The number of nitrogens with zero attached hydrogens (tertiary/aromatic N) is 2. The number of hydrogen-bond acceptors (Lipinski definition) is 6. The lowest BCUT2D eigenvalue weighted by Crippen LogP contribution is -2.50. The number of carbonyl (C=O) groups is 1. The number of fused-ring (bicyclic) bond motifs is 1. The number of anilines is 1. The van der Waals surface area contributed by atoms with Gasteiger partial charge >= 0.3 is 0 Å². The average molecular weight is 379 g/mol. The Balaban J connectivity index is 2.03. The molecule has 0 fully saturated rings. The molecule has 1 aliphatic rings. The molecule has 2 heterocycles. The molecule has 26 heavy (non-hydrogen) atoms. The topological polar surface area (TPSA) is 102 Å². The summed E-state index contributed by atoms with van der Waals surface area (Å²) in [4.78, 5) is 12.4. The van der Waals surface area contributed by atoms with Crippen LogP contribution in [-0.4, -0.2) is 38.7 Å². The molecule has 0 saturated carbocycles. The second-order valence-corrected chi connectivity index (χ2v) is 7.85. The summed E-state index contributed by atoms with van der Waals surface area (Å²) in [6.07, 6.45) is -0.164. The average Bonchev–Trinajstić information content (AvgIpc) is 2.97. The van der Waals surface area contributed by atoms with Gasteiger partial charge in [-0.2, -0.15) is 0 Å². The molecule has 1 aromatic heterocycles. The summed E-state index contributed by atoms with van der Waals surface area (Å²) < 4.78 is 38.5. The van der Waals surface area contributed by atoms with Crippen molar-refractivity contribution < 1.29 is 22.5 Å². The monoisotopic (exact) mass is 379 g/mol. The maximum Gasteiger partial charge on any atom is 0.270 e. The zero-order chi connectivity index (χ0) is 18.9. The number of ether oxygens (including phenoxy) is 1. The van der Waals surface area contributed by atoms with Crippen molar-refractivity contribution in [3.8, 4) is 5.75 Å². The summed E-state index contributed by atoms with van der Waals surface area (Å²) >= 11 is 0. The fraction of sp³-hybridized carbons (Fsp3) is 0.412. The molecule has 140 valence electrons. The highest BCUT2D eigenvalue weighted by atomic mass is 32.2. The maximum atomic E-state index is 13.3. The van der Waals surface area contributed by atoms with Crippen LogP contribution in [-0.2, 0) is 14.8 Å². The van der Waals surface area contributed by atoms with Crippen LogP contribution in [0.2, 0.25) is 0 Å². The van der Waals surface area contributed by atoms with E-state index < -0.39 is 16.1 Å². The summed E-state index contributed by atoms with van der Waals surface area (Å²) in [6, 6.07) is 6.73. The molecule has 0 aliphatic carbocycles. The molecule has 9 heteroatoms. The van der Waals surface area contributed by atoms with E-state index in [9.17, 15) is 13.2 Å². The van der Waals surface area contributed by atoms with E-state index in [0.29, 0.717) is 18.0 Å². The van der Waals surface area contributed by atoms with Crippen LogP contribution in [0.5, 0.6) is 5.75 Å². The number of benzene rings is 1. The van der Waals surface area contributed by atoms with Crippen molar-refractivity contribution in [3.05, 3.63) is 35.7 Å². The minimum Gasteiger partial charge on any atom is -0.476 e. The summed E-state index contributed by atoms with van der Waals surface area (Å²) in [6.45, 7) is 5.42. The van der Waals surface area contributed by atoms with Gasteiger partial charge in [-0.05, 0) is 32.4 Å². The molecule has 1 atom stereocenters. The molecule has 0 saturated heterocycles. The highest BCUT2D eigenvalue weighted by Crippen LogP contribution is 2.37. The van der Waals surface area contributed by atoms with Gasteiger partial charge in [0.2, 0.25) is 0 Å². The fourth-order valence-electron chi connectivity index (χ4n) is 2.88. The second-order valence-electron chi connectivity index (χ2n) is 6.05. The number of sulfonamides is 1. The summed E-state index contributed by atoms with van der Waals surface area (Å²) in [5.41, 5.74) is 0.658. The van der Waals surface area contributed by atoms with E-state index in [1.54, 1.807) is 38.1 Å². The normalized spacial score (nSPS) is 16.7. The maximum absolute atomic E-state index is 13.3. The Bertz CT molecular complexity index is 903. The van der Waals surface area contributed by atoms with Gasteiger partial charge in [-0.25, -0.2) is 8.42 Å². The van der Waals surface area contributed by atoms with Crippen molar-refractivity contribution in [1.29, 1.82) is 0 Å². The molecule has 2 aromatic rings. The number of aryl methyl sites for hydroxylation is 2. The van der Waals surface area contributed by atoms with E-state index in [0.717, 1.165) is 6.42 Å². The zero-order valence-corrected chi connectivity index (χ0v) is 15.7. The Hall–Kier alpha value is -2.55. The molecule has 1 aliphatic heterocycles. The SMILES string of the molecule is CCCNC(=O)[C@H]1CN(S(=O)(=O)c2c(C)noc2C)c2ccccc2O1. The van der Waals surface area contributed by atoms with Crippen LogP contribution in [0.3, 0.4) is 0 Å². The van der Waals surface area contributed by atoms with Gasteiger partial charge in [-0.3, -0.25) is 9.10 Å². The van der Waals surface area contributed by atoms with Crippen molar-refractivity contribution in [1.82, 2.24) is 10.5 Å². The summed E-state index contributed by atoms with van der Waals surface area (Å²) in [7, 11) is -3.96. The molecule has 1 aromatic carbocycles. The van der Waals surface area contributed by atoms with E-state index in [1.807, 2.05) is 6.92 Å². The zero-order valence-electron chi connectivity index (χ0n) is 14.9. The third-order valence-electron chi connectivity index (χ3n) is 4.09. The quantitative estimate of drug-likeness (QED) is 0.850. The first-order valence-electron chi connectivity index (χ1n) is 8.35. The molecule has 0 unspecified atom stereocenters. The van der Waals surface area contributed by atoms with E-state index in [2.05, 4.69) is 10.5 Å². The Kier molecular flexibility index (Phi) is 4.90. The molecule has 0 radical (unpaired) electrons. The van der Waals surface area contributed by atoms with E-state index in [4.69, 9.17) is 9.26 Å². The molecule has 3 rings (SSSR count). The molecule has 8 nitrogen and oxygen atoms in total. The number of amides is 1. The van der Waals surface area contributed by atoms with Crippen LogP contribution in [0.1, 0.15) is 24.8 Å². The Labute approximate surface area is 152 Å². The van der Waals surface area contributed by atoms with Gasteiger partial charge in [0.05, 0.1) is 12.2 Å². The van der Waals surface area contributed by atoms with Gasteiger partial charge in [0.25, 0.3) is 15.9 Å². The smallest absolute Gasteiger partial charge is 0.270 e. The third-order valence-corrected chi connectivity index (χ3v) is 6.12. The van der Waals surface area contributed by atoms with Crippen molar-refractivity contribution in [3.63, 3.8) is 0 Å². The Morgan fingerprint density at radius 2 is 2.08 bits per heavy atom. The van der Waals surface area contributed by atoms with Gasteiger partial charge in [0.15, 0.2) is 16.8 Å². The van der Waals surface area contributed by atoms with Crippen LogP contribution < -0.4 is 14.4 Å². The lowest BCUT2D eigenvalue weighted by molar-refractivity contribution is -0.127. The van der Waals surface area contributed by atoms with Crippen molar-refractivity contribution in [2.24, 2.45) is 0 Å². The third kappa shape index (κ3) is 3.14. The van der Waals surface area contributed by atoms with Gasteiger partial charge in [0, 0.05) is 6.54 Å². The molecular weight excluding hydrogens is 358 g/mol. The number of rotatable bonds is 5. The lowest BCUT2D eigenvalue weighted by atomic mass is 10.2. The fourth-order valence-corrected chi connectivity index (χ4v) is 4.65. The first kappa shape index (κ1) is 18.2. The highest BCUT2D eigenvalue weighted by molar-refractivity contribution is 7.93. The molecule has 0 bridgehead atoms. The van der Waals surface area contributed by atoms with E-state index in [-0.39, 0.29) is 28.8 Å². The van der Waals surface area contributed by atoms with Crippen LogP contribution in [0.4, 0.5) is 5.69 Å². The molecular formula is C17H21N3O5S. The van der Waals surface area contributed by atoms with Crippen LogP contribution in [0.25, 0.3) is 0 Å². The Morgan fingerprint density at radius 3 is 2.73 bits per heavy atom. The first-order chi connectivity index (χ1) is 12.4. The summed E-state index contributed by atoms with van der Waals surface area (Å²) in [5.74, 6) is 0.199. The van der Waals surface area contributed by atoms with Crippen molar-refractivity contribution >= 4 is 21.6 Å². The van der Waals surface area contributed by atoms with Crippen molar-refractivity contribution in [2.75, 3.05) is 17.4 Å².